The van der Waals surface area contributed by atoms with Gasteiger partial charge in [0.2, 0.25) is 0 Å². The second kappa shape index (κ2) is 7.03. The summed E-state index contributed by atoms with van der Waals surface area (Å²) in [7, 11) is 0. The minimum Gasteiger partial charge on any atom is -0.379 e. The first-order valence-corrected chi connectivity index (χ1v) is 8.39. The van der Waals surface area contributed by atoms with Crippen molar-refractivity contribution in [3.63, 3.8) is 0 Å². The maximum Gasteiger partial charge on any atom is 0.0594 e. The van der Waals surface area contributed by atoms with E-state index in [1.165, 1.54) is 9.75 Å². The van der Waals surface area contributed by atoms with E-state index in [1.54, 1.807) is 0 Å². The lowest BCUT2D eigenvalue weighted by Gasteiger charge is -2.29. The lowest BCUT2D eigenvalue weighted by atomic mass is 9.95. The van der Waals surface area contributed by atoms with E-state index in [-0.39, 0.29) is 5.41 Å². The van der Waals surface area contributed by atoms with E-state index in [0.29, 0.717) is 6.04 Å². The average Bonchev–Trinajstić information content (AvgIpc) is 2.86. The van der Waals surface area contributed by atoms with Gasteiger partial charge in [-0.2, -0.15) is 0 Å². The minimum atomic E-state index is 0.266. The molecule has 1 unspecified atom stereocenters. The van der Waals surface area contributed by atoms with Crippen LogP contribution in [0.3, 0.4) is 0 Å². The summed E-state index contributed by atoms with van der Waals surface area (Å²) in [6, 6.07) is 5.06. The van der Waals surface area contributed by atoms with Crippen LogP contribution < -0.4 is 5.32 Å². The zero-order valence-corrected chi connectivity index (χ0v) is 14.1. The van der Waals surface area contributed by atoms with Crippen LogP contribution >= 0.6 is 11.3 Å². The quantitative estimate of drug-likeness (QED) is 0.904. The molecule has 0 bridgehead atoms. The topological polar surface area (TPSA) is 24.5 Å². The van der Waals surface area contributed by atoms with Crippen molar-refractivity contribution in [3.8, 4) is 0 Å². The lowest BCUT2D eigenvalue weighted by molar-refractivity contribution is 0.0343. The van der Waals surface area contributed by atoms with E-state index >= 15 is 0 Å². The molecule has 0 spiro atoms. The molecular formula is C16H28N2OS. The summed E-state index contributed by atoms with van der Waals surface area (Å²) in [6.45, 7) is 15.1. The van der Waals surface area contributed by atoms with Crippen molar-refractivity contribution in [2.24, 2.45) is 0 Å². The number of hydrogen-bond donors (Lipinski definition) is 1. The Morgan fingerprint density at radius 2 is 2.00 bits per heavy atom. The number of nitrogens with one attached hydrogen (secondary N) is 1. The predicted molar refractivity (Wildman–Crippen MR) is 86.6 cm³/mol. The standard InChI is InChI=1S/C16H28N2OS/c1-13(12-18-7-9-19-10-8-18)17-11-14-5-6-15(20-14)16(2,3)4/h5-6,13,17H,7-12H2,1-4H3. The molecule has 20 heavy (non-hydrogen) atoms. The van der Waals surface area contributed by atoms with Gasteiger partial charge in [0.1, 0.15) is 0 Å². The number of hydrogen-bond acceptors (Lipinski definition) is 4. The maximum atomic E-state index is 5.38. The Morgan fingerprint density at radius 3 is 2.60 bits per heavy atom. The van der Waals surface area contributed by atoms with Crippen molar-refractivity contribution < 1.29 is 4.74 Å². The van der Waals surface area contributed by atoms with Crippen LogP contribution in [0.2, 0.25) is 0 Å². The summed E-state index contributed by atoms with van der Waals surface area (Å²) in [5.41, 5.74) is 0.266. The number of rotatable bonds is 5. The average molecular weight is 296 g/mol. The third-order valence-corrected chi connectivity index (χ3v) is 5.17. The third-order valence-electron chi connectivity index (χ3n) is 3.66. The normalized spacial score (nSPS) is 19.2. The second-order valence-electron chi connectivity index (χ2n) is 6.71. The summed E-state index contributed by atoms with van der Waals surface area (Å²) in [4.78, 5) is 5.38. The molecule has 2 heterocycles. The number of ether oxygens (including phenoxy) is 1. The molecule has 1 aromatic rings. The Bertz CT molecular complexity index is 405. The van der Waals surface area contributed by atoms with Gasteiger partial charge in [-0.25, -0.2) is 0 Å². The molecular weight excluding hydrogens is 268 g/mol. The van der Waals surface area contributed by atoms with Gasteiger partial charge < -0.3 is 10.1 Å². The van der Waals surface area contributed by atoms with Crippen molar-refractivity contribution >= 4 is 11.3 Å². The Balaban J connectivity index is 1.75. The monoisotopic (exact) mass is 296 g/mol. The highest BCUT2D eigenvalue weighted by atomic mass is 32.1. The van der Waals surface area contributed by atoms with Gasteiger partial charge in [0.25, 0.3) is 0 Å². The first kappa shape index (κ1) is 16.0. The molecule has 3 nitrogen and oxygen atoms in total. The Labute approximate surface area is 127 Å². The highest BCUT2D eigenvalue weighted by Gasteiger charge is 2.17. The van der Waals surface area contributed by atoms with E-state index in [1.807, 2.05) is 11.3 Å². The van der Waals surface area contributed by atoms with Crippen molar-refractivity contribution in [2.75, 3.05) is 32.8 Å². The Morgan fingerprint density at radius 1 is 1.30 bits per heavy atom. The maximum absolute atomic E-state index is 5.38. The first-order chi connectivity index (χ1) is 9.45. The molecule has 1 atom stereocenters. The molecule has 1 saturated heterocycles. The van der Waals surface area contributed by atoms with Crippen LogP contribution in [0, 0.1) is 0 Å². The van der Waals surface area contributed by atoms with Crippen LogP contribution in [0.15, 0.2) is 12.1 Å². The summed E-state index contributed by atoms with van der Waals surface area (Å²) < 4.78 is 5.38. The largest absolute Gasteiger partial charge is 0.379 e. The van der Waals surface area contributed by atoms with Gasteiger partial charge in [0.05, 0.1) is 13.2 Å². The van der Waals surface area contributed by atoms with E-state index < -0.39 is 0 Å². The molecule has 0 amide bonds. The fourth-order valence-electron chi connectivity index (χ4n) is 2.39. The molecule has 0 radical (unpaired) electrons. The minimum absolute atomic E-state index is 0.266. The molecule has 0 saturated carbocycles. The molecule has 2 rings (SSSR count). The van der Waals surface area contributed by atoms with Crippen LogP contribution in [-0.2, 0) is 16.7 Å². The van der Waals surface area contributed by atoms with Gasteiger partial charge in [-0.1, -0.05) is 20.8 Å². The zero-order chi connectivity index (χ0) is 14.6. The SMILES string of the molecule is CC(CN1CCOCC1)NCc1ccc(C(C)(C)C)s1. The van der Waals surface area contributed by atoms with Gasteiger partial charge in [-0.05, 0) is 24.5 Å². The van der Waals surface area contributed by atoms with Crippen LogP contribution in [0.1, 0.15) is 37.4 Å². The van der Waals surface area contributed by atoms with Crippen molar-refractivity contribution in [1.82, 2.24) is 10.2 Å². The second-order valence-corrected chi connectivity index (χ2v) is 7.88. The number of thiophene rings is 1. The van der Waals surface area contributed by atoms with Crippen molar-refractivity contribution in [2.45, 2.75) is 45.7 Å². The molecule has 1 N–H and O–H groups in total. The van der Waals surface area contributed by atoms with Crippen LogP contribution in [0.5, 0.6) is 0 Å². The van der Waals surface area contributed by atoms with Gasteiger partial charge in [0, 0.05) is 42.0 Å². The van der Waals surface area contributed by atoms with Crippen LogP contribution in [0.4, 0.5) is 0 Å². The van der Waals surface area contributed by atoms with E-state index in [0.717, 1.165) is 39.4 Å². The van der Waals surface area contributed by atoms with Gasteiger partial charge >= 0.3 is 0 Å². The van der Waals surface area contributed by atoms with E-state index in [4.69, 9.17) is 4.74 Å². The molecule has 1 aromatic heterocycles. The van der Waals surface area contributed by atoms with Gasteiger partial charge in [-0.15, -0.1) is 11.3 Å². The Kier molecular flexibility index (Phi) is 5.61. The first-order valence-electron chi connectivity index (χ1n) is 7.58. The molecule has 1 aliphatic rings. The fraction of sp³-hybridized carbons (Fsp3) is 0.750. The fourth-order valence-corrected chi connectivity index (χ4v) is 3.40. The van der Waals surface area contributed by atoms with Gasteiger partial charge in [0.15, 0.2) is 0 Å². The molecule has 0 aliphatic carbocycles. The lowest BCUT2D eigenvalue weighted by Crippen LogP contribution is -2.44. The summed E-state index contributed by atoms with van der Waals surface area (Å²) >= 11 is 1.93. The molecule has 1 fully saturated rings. The molecule has 114 valence electrons. The van der Waals surface area contributed by atoms with Crippen LogP contribution in [-0.4, -0.2) is 43.8 Å². The highest BCUT2D eigenvalue weighted by molar-refractivity contribution is 7.12. The van der Waals surface area contributed by atoms with E-state index in [9.17, 15) is 0 Å². The Hall–Kier alpha value is -0.420. The third kappa shape index (κ3) is 4.85. The van der Waals surface area contributed by atoms with E-state index in [2.05, 4.69) is 50.0 Å². The highest BCUT2D eigenvalue weighted by Crippen LogP contribution is 2.29. The van der Waals surface area contributed by atoms with Crippen LogP contribution in [0.25, 0.3) is 0 Å². The molecule has 1 aliphatic heterocycles. The number of morpholine rings is 1. The predicted octanol–water partition coefficient (Wildman–Crippen LogP) is 2.86. The molecule has 0 aromatic carbocycles. The summed E-state index contributed by atoms with van der Waals surface area (Å²) in [5, 5.41) is 3.64. The smallest absolute Gasteiger partial charge is 0.0594 e. The van der Waals surface area contributed by atoms with Gasteiger partial charge in [-0.3, -0.25) is 4.90 Å². The zero-order valence-electron chi connectivity index (χ0n) is 13.2. The van der Waals surface area contributed by atoms with Crippen molar-refractivity contribution in [3.05, 3.63) is 21.9 Å². The summed E-state index contributed by atoms with van der Waals surface area (Å²) in [5.74, 6) is 0. The molecule has 4 heteroatoms. The van der Waals surface area contributed by atoms with Crippen molar-refractivity contribution in [1.29, 1.82) is 0 Å². The summed E-state index contributed by atoms with van der Waals surface area (Å²) in [6.07, 6.45) is 0. The number of nitrogens with zero attached hydrogens (tertiary/aromatic N) is 1.